The summed E-state index contributed by atoms with van der Waals surface area (Å²) >= 11 is 0. The van der Waals surface area contributed by atoms with Crippen molar-refractivity contribution in [2.75, 3.05) is 7.11 Å². The van der Waals surface area contributed by atoms with Gasteiger partial charge in [-0.1, -0.05) is 30.3 Å². The van der Waals surface area contributed by atoms with Crippen molar-refractivity contribution in [1.29, 1.82) is 0 Å². The zero-order chi connectivity index (χ0) is 15.1. The summed E-state index contributed by atoms with van der Waals surface area (Å²) in [6.45, 7) is 0. The van der Waals surface area contributed by atoms with Crippen LogP contribution in [0.2, 0.25) is 0 Å². The van der Waals surface area contributed by atoms with Crippen molar-refractivity contribution in [2.24, 2.45) is 0 Å². The van der Waals surface area contributed by atoms with Crippen LogP contribution in [0.3, 0.4) is 0 Å². The fraction of sp³-hybridized carbons (Fsp3) is 0.222. The van der Waals surface area contributed by atoms with Gasteiger partial charge in [-0.15, -0.1) is 0 Å². The van der Waals surface area contributed by atoms with Crippen LogP contribution in [0, 0.1) is 0 Å². The van der Waals surface area contributed by atoms with Gasteiger partial charge in [0.1, 0.15) is 12.0 Å². The Labute approximate surface area is 124 Å². The SMILES string of the molecule is COc1ccc(C(=O)C[C@@H](CC=O)c2ccccc2)cc1. The monoisotopic (exact) mass is 282 g/mol. The van der Waals surface area contributed by atoms with Crippen LogP contribution >= 0.6 is 0 Å². The van der Waals surface area contributed by atoms with Gasteiger partial charge in [-0.3, -0.25) is 4.79 Å². The van der Waals surface area contributed by atoms with Gasteiger partial charge in [0, 0.05) is 18.4 Å². The molecule has 0 aliphatic carbocycles. The Bertz CT molecular complexity index is 588. The largest absolute Gasteiger partial charge is 0.497 e. The number of rotatable bonds is 7. The second-order valence-electron chi connectivity index (χ2n) is 4.87. The molecule has 108 valence electrons. The number of Topliss-reactive ketones (excluding diaryl/α,β-unsaturated/α-hetero) is 1. The van der Waals surface area contributed by atoms with E-state index in [1.54, 1.807) is 31.4 Å². The molecule has 0 saturated heterocycles. The Morgan fingerprint density at radius 2 is 1.76 bits per heavy atom. The number of ketones is 1. The summed E-state index contributed by atoms with van der Waals surface area (Å²) in [7, 11) is 1.59. The highest BCUT2D eigenvalue weighted by atomic mass is 16.5. The van der Waals surface area contributed by atoms with E-state index < -0.39 is 0 Å². The molecule has 0 bridgehead atoms. The van der Waals surface area contributed by atoms with E-state index in [-0.39, 0.29) is 11.7 Å². The van der Waals surface area contributed by atoms with E-state index in [1.165, 1.54) is 0 Å². The Kier molecular flexibility index (Phi) is 5.27. The molecule has 0 aromatic heterocycles. The molecule has 3 nitrogen and oxygen atoms in total. The summed E-state index contributed by atoms with van der Waals surface area (Å²) in [5.74, 6) is 0.686. The van der Waals surface area contributed by atoms with Crippen molar-refractivity contribution in [3.8, 4) is 5.75 Å². The first-order chi connectivity index (χ1) is 10.2. The number of aldehydes is 1. The number of benzene rings is 2. The molecule has 21 heavy (non-hydrogen) atoms. The standard InChI is InChI=1S/C18H18O3/c1-21-17-9-7-15(8-10-17)18(20)13-16(11-12-19)14-5-3-2-4-6-14/h2-10,12,16H,11,13H2,1H3/t16-/m1/s1. The molecule has 3 heteroatoms. The summed E-state index contributed by atoms with van der Waals surface area (Å²) in [5, 5.41) is 0. The molecule has 0 aliphatic heterocycles. The summed E-state index contributed by atoms with van der Waals surface area (Å²) in [6, 6.07) is 16.7. The molecule has 0 saturated carbocycles. The maximum Gasteiger partial charge on any atom is 0.163 e. The number of methoxy groups -OCH3 is 1. The van der Waals surface area contributed by atoms with Crippen LogP contribution in [-0.2, 0) is 4.79 Å². The number of hydrogen-bond acceptors (Lipinski definition) is 3. The second kappa shape index (κ2) is 7.39. The van der Waals surface area contributed by atoms with Crippen LogP contribution in [0.5, 0.6) is 5.75 Å². The van der Waals surface area contributed by atoms with Gasteiger partial charge in [0.2, 0.25) is 0 Å². The van der Waals surface area contributed by atoms with Crippen LogP contribution < -0.4 is 4.74 Å². The first-order valence-corrected chi connectivity index (χ1v) is 6.90. The summed E-state index contributed by atoms with van der Waals surface area (Å²) in [5.41, 5.74) is 1.66. The molecule has 0 amide bonds. The van der Waals surface area contributed by atoms with E-state index in [2.05, 4.69) is 0 Å². The molecular formula is C18H18O3. The van der Waals surface area contributed by atoms with Gasteiger partial charge in [-0.25, -0.2) is 0 Å². The normalized spacial score (nSPS) is 11.7. The van der Waals surface area contributed by atoms with E-state index >= 15 is 0 Å². The van der Waals surface area contributed by atoms with Gasteiger partial charge in [-0.2, -0.15) is 0 Å². The maximum atomic E-state index is 12.3. The molecule has 0 heterocycles. The van der Waals surface area contributed by atoms with E-state index in [0.29, 0.717) is 18.4 Å². The summed E-state index contributed by atoms with van der Waals surface area (Å²) < 4.78 is 5.08. The Morgan fingerprint density at radius 3 is 2.33 bits per heavy atom. The van der Waals surface area contributed by atoms with Gasteiger partial charge in [0.05, 0.1) is 7.11 Å². The molecule has 1 atom stereocenters. The average molecular weight is 282 g/mol. The number of ether oxygens (including phenoxy) is 1. The fourth-order valence-electron chi connectivity index (χ4n) is 2.30. The van der Waals surface area contributed by atoms with Crippen LogP contribution in [0.4, 0.5) is 0 Å². The number of hydrogen-bond donors (Lipinski definition) is 0. The molecular weight excluding hydrogens is 264 g/mol. The lowest BCUT2D eigenvalue weighted by atomic mass is 9.89. The van der Waals surface area contributed by atoms with Gasteiger partial charge in [-0.05, 0) is 35.7 Å². The molecule has 0 N–H and O–H groups in total. The first-order valence-electron chi connectivity index (χ1n) is 6.90. The van der Waals surface area contributed by atoms with Crippen molar-refractivity contribution < 1.29 is 14.3 Å². The molecule has 0 unspecified atom stereocenters. The minimum absolute atomic E-state index is 0.0355. The highest BCUT2D eigenvalue weighted by molar-refractivity contribution is 5.96. The Morgan fingerprint density at radius 1 is 1.10 bits per heavy atom. The third kappa shape index (κ3) is 4.02. The van der Waals surface area contributed by atoms with Gasteiger partial charge in [0.15, 0.2) is 5.78 Å². The van der Waals surface area contributed by atoms with Gasteiger partial charge < -0.3 is 9.53 Å². The second-order valence-corrected chi connectivity index (χ2v) is 4.87. The number of carbonyl (C=O) groups excluding carboxylic acids is 2. The molecule has 0 spiro atoms. The molecule has 2 aromatic rings. The predicted octanol–water partition coefficient (Wildman–Crippen LogP) is 3.64. The Hall–Kier alpha value is -2.42. The highest BCUT2D eigenvalue weighted by Crippen LogP contribution is 2.25. The predicted molar refractivity (Wildman–Crippen MR) is 81.8 cm³/mol. The van der Waals surface area contributed by atoms with E-state index in [0.717, 1.165) is 17.6 Å². The van der Waals surface area contributed by atoms with Gasteiger partial charge in [0.25, 0.3) is 0 Å². The first kappa shape index (κ1) is 15.0. The zero-order valence-corrected chi connectivity index (χ0v) is 12.0. The lowest BCUT2D eigenvalue weighted by Gasteiger charge is -2.14. The van der Waals surface area contributed by atoms with Crippen molar-refractivity contribution in [3.63, 3.8) is 0 Å². The third-order valence-corrected chi connectivity index (χ3v) is 3.50. The van der Waals surface area contributed by atoms with Crippen LogP contribution in [0.15, 0.2) is 54.6 Å². The lowest BCUT2D eigenvalue weighted by Crippen LogP contribution is -2.08. The van der Waals surface area contributed by atoms with E-state index in [9.17, 15) is 9.59 Å². The minimum Gasteiger partial charge on any atom is -0.497 e. The van der Waals surface area contributed by atoms with Crippen molar-refractivity contribution in [2.45, 2.75) is 18.8 Å². The highest BCUT2D eigenvalue weighted by Gasteiger charge is 2.16. The fourth-order valence-corrected chi connectivity index (χ4v) is 2.30. The molecule has 0 radical (unpaired) electrons. The van der Waals surface area contributed by atoms with Crippen molar-refractivity contribution in [3.05, 3.63) is 65.7 Å². The molecule has 2 rings (SSSR count). The third-order valence-electron chi connectivity index (χ3n) is 3.50. The topological polar surface area (TPSA) is 43.4 Å². The van der Waals surface area contributed by atoms with Crippen molar-refractivity contribution >= 4 is 12.1 Å². The molecule has 0 aliphatic rings. The van der Waals surface area contributed by atoms with Crippen molar-refractivity contribution in [1.82, 2.24) is 0 Å². The number of carbonyl (C=O) groups is 2. The smallest absolute Gasteiger partial charge is 0.163 e. The van der Waals surface area contributed by atoms with E-state index in [1.807, 2.05) is 30.3 Å². The average Bonchev–Trinajstić information content (AvgIpc) is 2.55. The zero-order valence-electron chi connectivity index (χ0n) is 12.0. The van der Waals surface area contributed by atoms with Crippen LogP contribution in [0.1, 0.15) is 34.7 Å². The Balaban J connectivity index is 2.12. The van der Waals surface area contributed by atoms with Crippen LogP contribution in [-0.4, -0.2) is 19.2 Å². The maximum absolute atomic E-state index is 12.3. The lowest BCUT2D eigenvalue weighted by molar-refractivity contribution is -0.108. The molecule has 0 fully saturated rings. The minimum atomic E-state index is -0.0710. The van der Waals surface area contributed by atoms with Gasteiger partial charge >= 0.3 is 0 Å². The summed E-state index contributed by atoms with van der Waals surface area (Å²) in [6.07, 6.45) is 1.56. The summed E-state index contributed by atoms with van der Waals surface area (Å²) in [4.78, 5) is 23.2. The quantitative estimate of drug-likeness (QED) is 0.575. The van der Waals surface area contributed by atoms with E-state index in [4.69, 9.17) is 4.74 Å². The molecule has 2 aromatic carbocycles. The van der Waals surface area contributed by atoms with Crippen LogP contribution in [0.25, 0.3) is 0 Å².